The summed E-state index contributed by atoms with van der Waals surface area (Å²) in [7, 11) is -3.13. The Kier molecular flexibility index (Phi) is 7.73. The summed E-state index contributed by atoms with van der Waals surface area (Å²) in [5, 5.41) is 16.7. The van der Waals surface area contributed by atoms with Crippen LogP contribution in [0.3, 0.4) is 0 Å². The second-order valence-corrected chi connectivity index (χ2v) is 10.3. The van der Waals surface area contributed by atoms with E-state index in [0.29, 0.717) is 44.5 Å². The Morgan fingerprint density at radius 2 is 1.79 bits per heavy atom. The Balaban J connectivity index is 1.32. The van der Waals surface area contributed by atoms with Gasteiger partial charge in [-0.15, -0.1) is 0 Å². The zero-order valence-corrected chi connectivity index (χ0v) is 19.9. The molecule has 4 rings (SSSR count). The van der Waals surface area contributed by atoms with Crippen molar-refractivity contribution in [3.63, 3.8) is 0 Å². The lowest BCUT2D eigenvalue weighted by Gasteiger charge is -2.33. The van der Waals surface area contributed by atoms with E-state index in [-0.39, 0.29) is 0 Å². The van der Waals surface area contributed by atoms with Crippen LogP contribution in [-0.4, -0.2) is 71.7 Å². The number of nitrogens with one attached hydrogen (secondary N) is 2. The van der Waals surface area contributed by atoms with Crippen LogP contribution in [0.5, 0.6) is 0 Å². The zero-order chi connectivity index (χ0) is 24.0. The maximum Gasteiger partial charge on any atom is 0.229 e. The van der Waals surface area contributed by atoms with Crippen LogP contribution in [0.4, 0.5) is 17.5 Å². The van der Waals surface area contributed by atoms with Crippen molar-refractivity contribution in [3.05, 3.63) is 78.0 Å². The van der Waals surface area contributed by atoms with Gasteiger partial charge in [-0.3, -0.25) is 4.90 Å². The molecule has 0 spiro atoms. The molecule has 1 aliphatic rings. The van der Waals surface area contributed by atoms with Crippen molar-refractivity contribution in [2.45, 2.75) is 12.6 Å². The van der Waals surface area contributed by atoms with Crippen LogP contribution in [0.25, 0.3) is 0 Å². The third-order valence-electron chi connectivity index (χ3n) is 5.71. The molecule has 2 heterocycles. The van der Waals surface area contributed by atoms with Gasteiger partial charge < -0.3 is 15.7 Å². The lowest BCUT2D eigenvalue weighted by Crippen LogP contribution is -2.47. The summed E-state index contributed by atoms with van der Waals surface area (Å²) in [6.07, 6.45) is 2.29. The fourth-order valence-corrected chi connectivity index (χ4v) is 4.69. The van der Waals surface area contributed by atoms with E-state index in [0.717, 1.165) is 23.4 Å². The Labute approximate surface area is 200 Å². The lowest BCUT2D eigenvalue weighted by molar-refractivity contribution is 0.182. The van der Waals surface area contributed by atoms with Crippen molar-refractivity contribution < 1.29 is 13.5 Å². The molecule has 3 N–H and O–H groups in total. The van der Waals surface area contributed by atoms with Crippen LogP contribution < -0.4 is 10.6 Å². The van der Waals surface area contributed by atoms with Crippen molar-refractivity contribution in [3.8, 4) is 0 Å². The average Bonchev–Trinajstić information content (AvgIpc) is 2.83. The molecule has 0 bridgehead atoms. The fourth-order valence-electron chi connectivity index (χ4n) is 3.87. The highest BCUT2D eigenvalue weighted by Gasteiger charge is 2.23. The summed E-state index contributed by atoms with van der Waals surface area (Å²) in [5.74, 6) is 1.07. The van der Waals surface area contributed by atoms with Gasteiger partial charge in [-0.1, -0.05) is 42.5 Å². The van der Waals surface area contributed by atoms with Gasteiger partial charge >= 0.3 is 0 Å². The summed E-state index contributed by atoms with van der Waals surface area (Å²) in [5.41, 5.74) is 2.84. The Morgan fingerprint density at radius 3 is 2.53 bits per heavy atom. The lowest BCUT2D eigenvalue weighted by atomic mass is 10.1. The van der Waals surface area contributed by atoms with Crippen LogP contribution in [-0.2, 0) is 16.6 Å². The number of benzene rings is 2. The minimum atomic E-state index is -3.13. The Bertz CT molecular complexity index is 1180. The van der Waals surface area contributed by atoms with E-state index in [4.69, 9.17) is 0 Å². The molecular formula is C24H30N6O3S. The molecule has 0 amide bonds. The molecule has 0 aliphatic carbocycles. The zero-order valence-electron chi connectivity index (χ0n) is 19.1. The molecule has 1 saturated heterocycles. The predicted octanol–water partition coefficient (Wildman–Crippen LogP) is 2.44. The molecular weight excluding hydrogens is 452 g/mol. The molecule has 0 radical (unpaired) electrons. The van der Waals surface area contributed by atoms with Crippen LogP contribution in [0.1, 0.15) is 17.2 Å². The molecule has 1 unspecified atom stereocenters. The van der Waals surface area contributed by atoms with E-state index in [2.05, 4.69) is 31.6 Å². The molecule has 1 fully saturated rings. The van der Waals surface area contributed by atoms with Gasteiger partial charge in [0.1, 0.15) is 5.82 Å². The van der Waals surface area contributed by atoms with Gasteiger partial charge in [0, 0.05) is 51.2 Å². The van der Waals surface area contributed by atoms with Crippen molar-refractivity contribution in [1.82, 2.24) is 19.2 Å². The number of rotatable bonds is 9. The van der Waals surface area contributed by atoms with E-state index in [1.54, 1.807) is 12.3 Å². The number of anilines is 3. The normalized spacial score (nSPS) is 16.2. The summed E-state index contributed by atoms with van der Waals surface area (Å²) < 4.78 is 24.9. The molecule has 9 nitrogen and oxygen atoms in total. The predicted molar refractivity (Wildman–Crippen MR) is 133 cm³/mol. The molecule has 180 valence electrons. The molecule has 1 atom stereocenters. The van der Waals surface area contributed by atoms with Crippen molar-refractivity contribution in [1.29, 1.82) is 0 Å². The van der Waals surface area contributed by atoms with Crippen molar-refractivity contribution in [2.24, 2.45) is 0 Å². The third kappa shape index (κ3) is 6.73. The van der Waals surface area contributed by atoms with Gasteiger partial charge in [0.2, 0.25) is 16.0 Å². The number of aliphatic hydroxyl groups excluding tert-OH is 1. The first-order valence-corrected chi connectivity index (χ1v) is 13.0. The van der Waals surface area contributed by atoms with Crippen molar-refractivity contribution in [2.75, 3.05) is 49.6 Å². The maximum atomic E-state index is 11.7. The summed E-state index contributed by atoms with van der Waals surface area (Å²) in [6.45, 7) is 3.52. The smallest absolute Gasteiger partial charge is 0.229 e. The SMILES string of the molecule is CS(=O)(=O)N1CCN(Cc2cccc(Nc3nccc(NCC(O)c4ccccc4)n3)c2)CC1. The highest BCUT2D eigenvalue weighted by Crippen LogP contribution is 2.19. The van der Waals surface area contributed by atoms with E-state index in [1.807, 2.05) is 48.5 Å². The first-order chi connectivity index (χ1) is 16.4. The highest BCUT2D eigenvalue weighted by molar-refractivity contribution is 7.88. The van der Waals surface area contributed by atoms with E-state index >= 15 is 0 Å². The fraction of sp³-hybridized carbons (Fsp3) is 0.333. The topological polar surface area (TPSA) is 111 Å². The number of nitrogens with zero attached hydrogens (tertiary/aromatic N) is 4. The standard InChI is InChI=1S/C24H30N6O3S/c1-34(32,33)30-14-12-29(13-15-30)18-19-6-5-9-21(16-19)27-24-25-11-10-23(28-24)26-17-22(31)20-7-3-2-4-8-20/h2-11,16,22,31H,12-15,17-18H2,1H3,(H2,25,26,27,28). The third-order valence-corrected chi connectivity index (χ3v) is 7.01. The molecule has 34 heavy (non-hydrogen) atoms. The number of hydrogen-bond donors (Lipinski definition) is 3. The molecule has 0 saturated carbocycles. The Morgan fingerprint density at radius 1 is 1.03 bits per heavy atom. The largest absolute Gasteiger partial charge is 0.387 e. The highest BCUT2D eigenvalue weighted by atomic mass is 32.2. The molecule has 2 aromatic carbocycles. The first-order valence-electron chi connectivity index (χ1n) is 11.2. The van der Waals surface area contributed by atoms with Gasteiger partial charge in [-0.2, -0.15) is 9.29 Å². The first kappa shape index (κ1) is 24.1. The van der Waals surface area contributed by atoms with Crippen LogP contribution in [0, 0.1) is 0 Å². The second kappa shape index (κ2) is 10.9. The minimum Gasteiger partial charge on any atom is -0.387 e. The summed E-state index contributed by atoms with van der Waals surface area (Å²) >= 11 is 0. The monoisotopic (exact) mass is 482 g/mol. The number of sulfonamides is 1. The van der Waals surface area contributed by atoms with E-state index in [1.165, 1.54) is 10.6 Å². The molecule has 1 aliphatic heterocycles. The van der Waals surface area contributed by atoms with Gasteiger partial charge in [-0.25, -0.2) is 13.4 Å². The van der Waals surface area contributed by atoms with Gasteiger partial charge in [0.15, 0.2) is 0 Å². The summed E-state index contributed by atoms with van der Waals surface area (Å²) in [4.78, 5) is 11.0. The number of aromatic nitrogens is 2. The quantitative estimate of drug-likeness (QED) is 0.427. The van der Waals surface area contributed by atoms with Gasteiger partial charge in [0.05, 0.1) is 12.4 Å². The van der Waals surface area contributed by atoms with Crippen LogP contribution in [0.2, 0.25) is 0 Å². The summed E-state index contributed by atoms with van der Waals surface area (Å²) in [6, 6.07) is 19.3. The van der Waals surface area contributed by atoms with Crippen molar-refractivity contribution >= 4 is 27.5 Å². The van der Waals surface area contributed by atoms with Gasteiger partial charge in [0.25, 0.3) is 0 Å². The molecule has 10 heteroatoms. The van der Waals surface area contributed by atoms with Crippen LogP contribution >= 0.6 is 0 Å². The molecule has 1 aromatic heterocycles. The second-order valence-electron chi connectivity index (χ2n) is 8.34. The van der Waals surface area contributed by atoms with Crippen LogP contribution in [0.15, 0.2) is 66.9 Å². The Hall–Kier alpha value is -3.05. The number of piperazine rings is 1. The van der Waals surface area contributed by atoms with E-state index in [9.17, 15) is 13.5 Å². The van der Waals surface area contributed by atoms with Gasteiger partial charge in [-0.05, 0) is 29.3 Å². The minimum absolute atomic E-state index is 0.336. The number of aliphatic hydroxyl groups is 1. The maximum absolute atomic E-state index is 11.7. The average molecular weight is 483 g/mol. The number of hydrogen-bond acceptors (Lipinski definition) is 8. The van der Waals surface area contributed by atoms with E-state index < -0.39 is 16.1 Å². The molecule has 3 aromatic rings.